The number of amides is 2. The zero-order valence-corrected chi connectivity index (χ0v) is 19.8. The molecule has 0 saturated carbocycles. The summed E-state index contributed by atoms with van der Waals surface area (Å²) in [7, 11) is 0. The van der Waals surface area contributed by atoms with Crippen molar-refractivity contribution < 1.29 is 9.59 Å². The molecular weight excluding hydrogens is 491 g/mol. The van der Waals surface area contributed by atoms with Crippen molar-refractivity contribution in [3.05, 3.63) is 98.7 Å². The number of hydrogen-bond donors (Lipinski definition) is 3. The van der Waals surface area contributed by atoms with Crippen LogP contribution in [0.4, 0.5) is 11.4 Å². The molecule has 9 heteroatoms. The van der Waals surface area contributed by atoms with Gasteiger partial charge in [0.2, 0.25) is 0 Å². The van der Waals surface area contributed by atoms with Gasteiger partial charge in [0.1, 0.15) is 5.82 Å². The Hall–Kier alpha value is -3.65. The molecule has 0 atom stereocenters. The molecule has 0 saturated heterocycles. The summed E-state index contributed by atoms with van der Waals surface area (Å²) >= 11 is 13.5. The fraction of sp³-hybridized carbons (Fsp3) is 0. The van der Waals surface area contributed by atoms with Crippen LogP contribution in [0, 0.1) is 0 Å². The molecule has 0 aliphatic rings. The zero-order valence-electron chi connectivity index (χ0n) is 17.4. The molecule has 168 valence electrons. The molecule has 0 spiro atoms. The van der Waals surface area contributed by atoms with Gasteiger partial charge >= 0.3 is 0 Å². The van der Waals surface area contributed by atoms with E-state index in [0.29, 0.717) is 33.3 Å². The highest BCUT2D eigenvalue weighted by atomic mass is 35.5. The summed E-state index contributed by atoms with van der Waals surface area (Å²) in [6.07, 6.45) is 0. The first kappa shape index (κ1) is 22.2. The molecule has 2 heterocycles. The summed E-state index contributed by atoms with van der Waals surface area (Å²) in [6, 6.07) is 19.3. The Morgan fingerprint density at radius 3 is 2.35 bits per heavy atom. The van der Waals surface area contributed by atoms with Gasteiger partial charge in [-0.1, -0.05) is 23.2 Å². The Morgan fingerprint density at radius 1 is 0.853 bits per heavy atom. The Balaban J connectivity index is 1.31. The molecule has 3 N–H and O–H groups in total. The Labute approximate surface area is 208 Å². The van der Waals surface area contributed by atoms with Crippen molar-refractivity contribution in [2.24, 2.45) is 0 Å². The van der Waals surface area contributed by atoms with Crippen LogP contribution >= 0.6 is 34.5 Å². The van der Waals surface area contributed by atoms with Crippen LogP contribution in [0.15, 0.2) is 77.5 Å². The van der Waals surface area contributed by atoms with Crippen LogP contribution in [0.25, 0.3) is 22.4 Å². The maximum absolute atomic E-state index is 12.5. The number of thiophene rings is 1. The lowest BCUT2D eigenvalue weighted by atomic mass is 10.1. The van der Waals surface area contributed by atoms with Gasteiger partial charge in [-0.2, -0.15) is 11.3 Å². The molecule has 0 fully saturated rings. The maximum atomic E-state index is 12.5. The van der Waals surface area contributed by atoms with E-state index in [1.165, 1.54) is 17.4 Å². The lowest BCUT2D eigenvalue weighted by Gasteiger charge is -2.07. The third-order valence-corrected chi connectivity index (χ3v) is 6.35. The van der Waals surface area contributed by atoms with E-state index in [9.17, 15) is 9.59 Å². The van der Waals surface area contributed by atoms with Crippen LogP contribution in [-0.4, -0.2) is 21.8 Å². The van der Waals surface area contributed by atoms with E-state index in [2.05, 4.69) is 20.6 Å². The average molecular weight is 507 g/mol. The van der Waals surface area contributed by atoms with Gasteiger partial charge < -0.3 is 15.6 Å². The van der Waals surface area contributed by atoms with E-state index in [1.54, 1.807) is 35.7 Å². The molecule has 2 amide bonds. The normalized spacial score (nSPS) is 10.9. The van der Waals surface area contributed by atoms with Crippen molar-refractivity contribution in [2.45, 2.75) is 0 Å². The first-order valence-corrected chi connectivity index (χ1v) is 11.9. The maximum Gasteiger partial charge on any atom is 0.257 e. The number of carbonyl (C=O) groups excluding carboxylic acids is 2. The SMILES string of the molecule is O=C(Nc1ccc2nc(-c3ccc(NC(=O)c4ccc(Cl)cc4Cl)cc3)[nH]c2c1)c1ccsc1. The van der Waals surface area contributed by atoms with Gasteiger partial charge in [-0.05, 0) is 72.1 Å². The number of anilines is 2. The first-order chi connectivity index (χ1) is 16.5. The molecule has 0 unspecified atom stereocenters. The Bertz CT molecular complexity index is 1510. The van der Waals surface area contributed by atoms with Gasteiger partial charge in [-0.15, -0.1) is 0 Å². The second-order valence-electron chi connectivity index (χ2n) is 7.44. The molecule has 0 aliphatic carbocycles. The minimum absolute atomic E-state index is 0.155. The van der Waals surface area contributed by atoms with E-state index in [1.807, 2.05) is 35.7 Å². The lowest BCUT2D eigenvalue weighted by molar-refractivity contribution is 0.101. The minimum atomic E-state index is -0.324. The summed E-state index contributed by atoms with van der Waals surface area (Å²) < 4.78 is 0. The molecule has 2 aromatic heterocycles. The highest BCUT2D eigenvalue weighted by Gasteiger charge is 2.12. The Kier molecular flexibility index (Phi) is 6.06. The van der Waals surface area contributed by atoms with Crippen LogP contribution in [0.1, 0.15) is 20.7 Å². The predicted octanol–water partition coefficient (Wildman–Crippen LogP) is 7.10. The van der Waals surface area contributed by atoms with Crippen molar-refractivity contribution in [2.75, 3.05) is 10.6 Å². The Morgan fingerprint density at radius 2 is 1.62 bits per heavy atom. The van der Waals surface area contributed by atoms with Gasteiger partial charge in [-0.3, -0.25) is 9.59 Å². The lowest BCUT2D eigenvalue weighted by Crippen LogP contribution is -2.12. The quantitative estimate of drug-likeness (QED) is 0.237. The molecule has 0 bridgehead atoms. The van der Waals surface area contributed by atoms with Gasteiger partial charge in [0.25, 0.3) is 11.8 Å². The first-order valence-electron chi connectivity index (χ1n) is 10.2. The van der Waals surface area contributed by atoms with Gasteiger partial charge in [0, 0.05) is 27.3 Å². The molecule has 6 nitrogen and oxygen atoms in total. The predicted molar refractivity (Wildman–Crippen MR) is 138 cm³/mol. The van der Waals surface area contributed by atoms with Crippen molar-refractivity contribution >= 4 is 68.8 Å². The monoisotopic (exact) mass is 506 g/mol. The number of imidazole rings is 1. The van der Waals surface area contributed by atoms with Crippen molar-refractivity contribution in [3.8, 4) is 11.4 Å². The smallest absolute Gasteiger partial charge is 0.257 e. The standard InChI is InChI=1S/C25H16Cl2N4O2S/c26-16-3-7-19(20(27)11-16)25(33)28-17-4-1-14(2-5-17)23-30-21-8-6-18(12-22(21)31-23)29-24(32)15-9-10-34-13-15/h1-13H,(H,28,33)(H,29,32)(H,30,31). The number of halogens is 2. The topological polar surface area (TPSA) is 86.9 Å². The van der Waals surface area contributed by atoms with E-state index in [4.69, 9.17) is 23.2 Å². The third kappa shape index (κ3) is 4.68. The highest BCUT2D eigenvalue weighted by Crippen LogP contribution is 2.26. The number of H-pyrrole nitrogens is 1. The number of aromatic nitrogens is 2. The zero-order chi connectivity index (χ0) is 23.7. The molecule has 0 radical (unpaired) electrons. The summed E-state index contributed by atoms with van der Waals surface area (Å²) in [5.74, 6) is 0.197. The van der Waals surface area contributed by atoms with E-state index in [0.717, 1.165) is 16.6 Å². The number of nitrogens with one attached hydrogen (secondary N) is 3. The van der Waals surface area contributed by atoms with Crippen molar-refractivity contribution in [1.29, 1.82) is 0 Å². The molecule has 3 aromatic carbocycles. The van der Waals surface area contributed by atoms with E-state index >= 15 is 0 Å². The molecule has 5 rings (SSSR count). The molecule has 34 heavy (non-hydrogen) atoms. The summed E-state index contributed by atoms with van der Waals surface area (Å²) in [5, 5.41) is 10.1. The number of hydrogen-bond acceptors (Lipinski definition) is 4. The van der Waals surface area contributed by atoms with Crippen molar-refractivity contribution in [3.63, 3.8) is 0 Å². The van der Waals surface area contributed by atoms with E-state index in [-0.39, 0.29) is 16.8 Å². The summed E-state index contributed by atoms with van der Waals surface area (Å²) in [5.41, 5.74) is 4.69. The number of aromatic amines is 1. The minimum Gasteiger partial charge on any atom is -0.338 e. The molecule has 0 aliphatic heterocycles. The van der Waals surface area contributed by atoms with Gasteiger partial charge in [-0.25, -0.2) is 4.98 Å². The van der Waals surface area contributed by atoms with Crippen molar-refractivity contribution in [1.82, 2.24) is 9.97 Å². The third-order valence-electron chi connectivity index (χ3n) is 5.12. The number of benzene rings is 3. The number of nitrogens with zero attached hydrogens (tertiary/aromatic N) is 1. The van der Waals surface area contributed by atoms with Gasteiger partial charge in [0.15, 0.2) is 0 Å². The summed E-state index contributed by atoms with van der Waals surface area (Å²) in [4.78, 5) is 32.7. The highest BCUT2D eigenvalue weighted by molar-refractivity contribution is 7.08. The van der Waals surface area contributed by atoms with Crippen LogP contribution in [0.2, 0.25) is 10.0 Å². The fourth-order valence-corrected chi connectivity index (χ4v) is 4.53. The number of rotatable bonds is 5. The van der Waals surface area contributed by atoms with Crippen LogP contribution < -0.4 is 10.6 Å². The second-order valence-corrected chi connectivity index (χ2v) is 9.06. The van der Waals surface area contributed by atoms with E-state index < -0.39 is 0 Å². The second kappa shape index (κ2) is 9.30. The number of fused-ring (bicyclic) bond motifs is 1. The summed E-state index contributed by atoms with van der Waals surface area (Å²) in [6.45, 7) is 0. The molecular formula is C25H16Cl2N4O2S. The van der Waals surface area contributed by atoms with Crippen LogP contribution in [-0.2, 0) is 0 Å². The van der Waals surface area contributed by atoms with Crippen LogP contribution in [0.3, 0.4) is 0 Å². The largest absolute Gasteiger partial charge is 0.338 e. The fourth-order valence-electron chi connectivity index (χ4n) is 3.40. The average Bonchev–Trinajstić information content (AvgIpc) is 3.49. The van der Waals surface area contributed by atoms with Crippen LogP contribution in [0.5, 0.6) is 0 Å². The molecule has 5 aromatic rings. The van der Waals surface area contributed by atoms with Gasteiger partial charge in [0.05, 0.1) is 27.2 Å². The number of carbonyl (C=O) groups is 2.